The minimum Gasteiger partial charge on any atom is -0.497 e. The number of anilines is 3. The molecule has 2 N–H and O–H groups in total. The maximum atomic E-state index is 14.0. The molecule has 12 nitrogen and oxygen atoms in total. The molecular formula is C45H51ClF3N7O5S3. The van der Waals surface area contributed by atoms with Crippen LogP contribution in [-0.2, 0) is 39.4 Å². The Balaban J connectivity index is 1.000. The maximum absolute atomic E-state index is 14.0. The highest BCUT2D eigenvalue weighted by Crippen LogP contribution is 2.38. The van der Waals surface area contributed by atoms with Crippen LogP contribution in [0.25, 0.3) is 11.1 Å². The predicted molar refractivity (Wildman–Crippen MR) is 248 cm³/mol. The van der Waals surface area contributed by atoms with E-state index in [1.54, 1.807) is 25.8 Å². The van der Waals surface area contributed by atoms with Gasteiger partial charge >= 0.3 is 5.51 Å². The fraction of sp³-hybridized carbons (Fsp3) is 0.378. The molecular weight excluding hydrogens is 907 g/mol. The van der Waals surface area contributed by atoms with Gasteiger partial charge in [0, 0.05) is 67.0 Å². The smallest absolute Gasteiger partial charge is 0.497 e. The van der Waals surface area contributed by atoms with Gasteiger partial charge in [-0.3, -0.25) is 14.5 Å². The third kappa shape index (κ3) is 11.1. The van der Waals surface area contributed by atoms with E-state index in [1.807, 2.05) is 73.6 Å². The Morgan fingerprint density at radius 3 is 2.33 bits per heavy atom. The quantitative estimate of drug-likeness (QED) is 0.0914. The van der Waals surface area contributed by atoms with E-state index in [-0.39, 0.29) is 17.5 Å². The summed E-state index contributed by atoms with van der Waals surface area (Å²) in [7, 11) is -5.03. The minimum atomic E-state index is -5.96. The van der Waals surface area contributed by atoms with Crippen molar-refractivity contribution in [1.29, 1.82) is 0 Å². The number of sulfone groups is 1. The maximum Gasteiger partial charge on any atom is 0.501 e. The van der Waals surface area contributed by atoms with Gasteiger partial charge in [0.15, 0.2) is 0 Å². The number of ether oxygens (including phenoxy) is 1. The average molecular weight is 959 g/mol. The highest BCUT2D eigenvalue weighted by Gasteiger charge is 2.48. The van der Waals surface area contributed by atoms with Gasteiger partial charge in [0.2, 0.25) is 0 Å². The summed E-state index contributed by atoms with van der Waals surface area (Å²) in [5.41, 5.74) is -0.420. The Labute approximate surface area is 382 Å². The number of thioether (sulfide) groups is 1. The molecule has 0 spiro atoms. The van der Waals surface area contributed by atoms with Gasteiger partial charge in [-0.15, -0.1) is 11.8 Å². The Bertz CT molecular complexity index is 2650. The lowest BCUT2D eigenvalue weighted by atomic mass is 9.96. The van der Waals surface area contributed by atoms with E-state index in [9.17, 15) is 30.0 Å². The average Bonchev–Trinajstić information content (AvgIpc) is 3.26. The van der Waals surface area contributed by atoms with Gasteiger partial charge in [-0.1, -0.05) is 29.8 Å². The first kappa shape index (κ1) is 47.4. The molecule has 342 valence electrons. The summed E-state index contributed by atoms with van der Waals surface area (Å²) in [6, 6.07) is 24.3. The molecule has 1 saturated heterocycles. The number of likely N-dealkylation sites (tertiary alicyclic amines) is 1. The molecule has 0 radical (unpaired) electrons. The Kier molecular flexibility index (Phi) is 14.7. The number of halogens is 4. The van der Waals surface area contributed by atoms with Crippen molar-refractivity contribution in [2.24, 2.45) is 0 Å². The standard InChI is InChI=1S/C45H51ClF3N7O5S3/c1-30(20-24-62-37-12-9-34(10-13-37)54(2)3)52-41-16-14-38(26-43(41)63(57,58)45(47,48)49)64(59,60)53-44-40-19-23-56(28-42(40)50-29-51-44)35-17-21-55(22-18-35)27-32-25-36(61-4)11-15-39(32)31-5-7-33(46)8-6-31/h5-16,25-26,29-30,35,52H,17-24,27-28H2,1-4H3,(H,50,51,53)/t30-/m1/s1. The van der Waals surface area contributed by atoms with E-state index in [1.165, 1.54) is 6.33 Å². The van der Waals surface area contributed by atoms with Gasteiger partial charge in [0.05, 0.1) is 23.4 Å². The summed E-state index contributed by atoms with van der Waals surface area (Å²) in [6.07, 6.45) is 3.98. The predicted octanol–water partition coefficient (Wildman–Crippen LogP) is 8.97. The molecule has 3 heterocycles. The molecule has 64 heavy (non-hydrogen) atoms. The number of benzene rings is 4. The van der Waals surface area contributed by atoms with Crippen LogP contribution >= 0.6 is 23.4 Å². The number of hydrogen-bond donors (Lipinski definition) is 2. The molecule has 0 aliphatic carbocycles. The summed E-state index contributed by atoms with van der Waals surface area (Å²) in [5, 5.41) is 3.55. The molecule has 5 aromatic rings. The van der Waals surface area contributed by atoms with Gasteiger partial charge in [-0.05, 0) is 135 Å². The number of nitrogens with one attached hydrogen (secondary N) is 2. The van der Waals surface area contributed by atoms with Crippen LogP contribution in [-0.4, -0.2) is 101 Å². The molecule has 1 aromatic heterocycles. The van der Waals surface area contributed by atoms with E-state index < -0.39 is 41.2 Å². The first-order chi connectivity index (χ1) is 30.4. The van der Waals surface area contributed by atoms with Crippen molar-refractivity contribution in [3.05, 3.63) is 113 Å². The third-order valence-corrected chi connectivity index (χ3v) is 15.8. The van der Waals surface area contributed by atoms with Gasteiger partial charge in [-0.2, -0.15) is 13.2 Å². The minimum absolute atomic E-state index is 0.000781. The number of nitrogens with zero attached hydrogens (tertiary/aromatic N) is 5. The molecule has 0 amide bonds. The summed E-state index contributed by atoms with van der Waals surface area (Å²) in [4.78, 5) is 14.6. The molecule has 1 fully saturated rings. The highest BCUT2D eigenvalue weighted by molar-refractivity contribution is 7.99. The van der Waals surface area contributed by atoms with Crippen molar-refractivity contribution >= 4 is 60.4 Å². The monoisotopic (exact) mass is 957 g/mol. The van der Waals surface area contributed by atoms with Crippen LogP contribution in [0.2, 0.25) is 5.02 Å². The Morgan fingerprint density at radius 1 is 0.938 bits per heavy atom. The summed E-state index contributed by atoms with van der Waals surface area (Å²) in [5.74, 6) is 1.38. The van der Waals surface area contributed by atoms with Crippen molar-refractivity contribution in [3.8, 4) is 16.9 Å². The number of aromatic nitrogens is 2. The number of piperidine rings is 1. The molecule has 0 bridgehead atoms. The van der Waals surface area contributed by atoms with Crippen LogP contribution in [0, 0.1) is 0 Å². The molecule has 2 aliphatic rings. The van der Waals surface area contributed by atoms with Crippen LogP contribution in [0.15, 0.2) is 106 Å². The van der Waals surface area contributed by atoms with Crippen LogP contribution in [0.1, 0.15) is 43.0 Å². The molecule has 1 atom stereocenters. The lowest BCUT2D eigenvalue weighted by molar-refractivity contribution is -0.0435. The number of alkyl halides is 3. The van der Waals surface area contributed by atoms with Crippen molar-refractivity contribution in [2.45, 2.75) is 78.0 Å². The van der Waals surface area contributed by atoms with E-state index in [0.717, 1.165) is 77.6 Å². The van der Waals surface area contributed by atoms with E-state index >= 15 is 0 Å². The van der Waals surface area contributed by atoms with Crippen molar-refractivity contribution in [3.63, 3.8) is 0 Å². The normalized spacial score (nSPS) is 15.9. The first-order valence-electron chi connectivity index (χ1n) is 20.8. The molecule has 2 aliphatic heterocycles. The number of methoxy groups -OCH3 is 1. The molecule has 7 rings (SSSR count). The topological polar surface area (TPSA) is 137 Å². The van der Waals surface area contributed by atoms with Crippen LogP contribution in [0.3, 0.4) is 0 Å². The van der Waals surface area contributed by atoms with Gasteiger partial charge in [0.25, 0.3) is 19.9 Å². The SMILES string of the molecule is COc1ccc(-c2ccc(Cl)cc2)c(CN2CCC(N3CCc4c(ncnc4NS(=O)(=O)c4ccc(N[C@H](C)CCSc5ccc(N(C)C)cc5)c(S(=O)(=O)C(F)(F)F)c4)C3)CC2)c1. The van der Waals surface area contributed by atoms with E-state index in [0.29, 0.717) is 54.0 Å². The molecule has 0 saturated carbocycles. The molecule has 19 heteroatoms. The lowest BCUT2D eigenvalue weighted by Crippen LogP contribution is -2.46. The molecule has 0 unspecified atom stereocenters. The second kappa shape index (κ2) is 19.9. The first-order valence-corrected chi connectivity index (χ1v) is 25.1. The van der Waals surface area contributed by atoms with Crippen LogP contribution in [0.4, 0.5) is 30.4 Å². The fourth-order valence-electron chi connectivity index (χ4n) is 8.05. The summed E-state index contributed by atoms with van der Waals surface area (Å²) in [6.45, 7) is 5.27. The zero-order valence-electron chi connectivity index (χ0n) is 35.9. The van der Waals surface area contributed by atoms with Gasteiger partial charge in [0.1, 0.15) is 22.8 Å². The van der Waals surface area contributed by atoms with E-state index in [4.69, 9.17) is 16.3 Å². The van der Waals surface area contributed by atoms with E-state index in [2.05, 4.69) is 41.9 Å². The van der Waals surface area contributed by atoms with Gasteiger partial charge in [-0.25, -0.2) is 26.8 Å². The largest absolute Gasteiger partial charge is 0.501 e. The van der Waals surface area contributed by atoms with Crippen LogP contribution in [0.5, 0.6) is 5.75 Å². The second-order valence-corrected chi connectivity index (χ2v) is 21.4. The van der Waals surface area contributed by atoms with Crippen molar-refractivity contribution < 1.29 is 34.7 Å². The lowest BCUT2D eigenvalue weighted by Gasteiger charge is -2.40. The zero-order chi connectivity index (χ0) is 45.8. The van der Waals surface area contributed by atoms with Gasteiger partial charge < -0.3 is 15.0 Å². The molecule has 4 aromatic carbocycles. The van der Waals surface area contributed by atoms with Crippen molar-refractivity contribution in [2.75, 3.05) is 61.5 Å². The summed E-state index contributed by atoms with van der Waals surface area (Å²) >= 11 is 7.72. The highest BCUT2D eigenvalue weighted by atomic mass is 35.5. The Hall–Kier alpha value is -4.59. The Morgan fingerprint density at radius 2 is 1.66 bits per heavy atom. The number of hydrogen-bond acceptors (Lipinski definition) is 12. The third-order valence-electron chi connectivity index (χ3n) is 11.6. The van der Waals surface area contributed by atoms with Crippen LogP contribution < -0.4 is 19.7 Å². The summed E-state index contributed by atoms with van der Waals surface area (Å²) < 4.78 is 103. The number of fused-ring (bicyclic) bond motifs is 1. The fourth-order valence-corrected chi connectivity index (χ4v) is 11.3. The number of rotatable bonds is 16. The van der Waals surface area contributed by atoms with Crippen molar-refractivity contribution in [1.82, 2.24) is 19.8 Å². The second-order valence-electron chi connectivity index (χ2n) is 16.2. The zero-order valence-corrected chi connectivity index (χ0v) is 39.1. The number of sulfonamides is 1.